The number of rotatable bonds is 10. The number of sulfonamides is 1. The van der Waals surface area contributed by atoms with Gasteiger partial charge in [-0.2, -0.15) is 4.72 Å². The molecule has 1 heterocycles. The fourth-order valence-corrected chi connectivity index (χ4v) is 4.69. The Morgan fingerprint density at radius 1 is 1.17 bits per heavy atom. The zero-order valence-electron chi connectivity index (χ0n) is 18.0. The van der Waals surface area contributed by atoms with Crippen molar-refractivity contribution in [1.29, 1.82) is 0 Å². The van der Waals surface area contributed by atoms with E-state index in [1.54, 1.807) is 26.0 Å². The zero-order valence-corrected chi connectivity index (χ0v) is 18.8. The third-order valence-corrected chi connectivity index (χ3v) is 6.63. The van der Waals surface area contributed by atoms with Crippen molar-refractivity contribution in [1.82, 2.24) is 14.9 Å². The van der Waals surface area contributed by atoms with Crippen LogP contribution >= 0.6 is 0 Å². The lowest BCUT2D eigenvalue weighted by atomic mass is 10.1. The fraction of sp³-hybridized carbons (Fsp3) is 0.619. The summed E-state index contributed by atoms with van der Waals surface area (Å²) in [4.78, 5) is 26.6. The number of nitrogens with zero attached hydrogens (tertiary/aromatic N) is 1. The molecule has 0 bridgehead atoms. The zero-order chi connectivity index (χ0) is 22.1. The number of carbonyl (C=O) groups excluding carboxylic acids is 2. The van der Waals surface area contributed by atoms with Crippen LogP contribution in [0, 0.1) is 5.92 Å². The Bertz CT molecular complexity index is 808. The quantitative estimate of drug-likeness (QED) is 0.542. The van der Waals surface area contributed by atoms with Gasteiger partial charge in [-0.3, -0.25) is 9.59 Å². The first-order valence-electron chi connectivity index (χ1n) is 10.5. The van der Waals surface area contributed by atoms with Crippen LogP contribution in [0.1, 0.15) is 46.0 Å². The van der Waals surface area contributed by atoms with Crippen molar-refractivity contribution in [2.45, 2.75) is 56.9 Å². The van der Waals surface area contributed by atoms with E-state index in [4.69, 9.17) is 4.74 Å². The van der Waals surface area contributed by atoms with Gasteiger partial charge in [-0.1, -0.05) is 20.3 Å². The van der Waals surface area contributed by atoms with E-state index in [2.05, 4.69) is 10.0 Å². The first-order valence-corrected chi connectivity index (χ1v) is 11.9. The third kappa shape index (κ3) is 6.98. The number of nitrogens with one attached hydrogen (secondary N) is 2. The van der Waals surface area contributed by atoms with Crippen molar-refractivity contribution in [3.63, 3.8) is 0 Å². The molecular weight excluding hydrogens is 406 g/mol. The molecule has 9 heteroatoms. The molecule has 1 aliphatic heterocycles. The molecule has 0 spiro atoms. The topological polar surface area (TPSA) is 105 Å². The molecular formula is C21H33N3O5S. The van der Waals surface area contributed by atoms with Crippen LogP contribution in [0.2, 0.25) is 0 Å². The second-order valence-corrected chi connectivity index (χ2v) is 9.57. The van der Waals surface area contributed by atoms with Crippen LogP contribution in [-0.4, -0.2) is 57.9 Å². The van der Waals surface area contributed by atoms with E-state index in [0.29, 0.717) is 31.7 Å². The first kappa shape index (κ1) is 24.1. The van der Waals surface area contributed by atoms with Crippen LogP contribution in [0.3, 0.4) is 0 Å². The van der Waals surface area contributed by atoms with E-state index < -0.39 is 16.1 Å². The highest BCUT2D eigenvalue weighted by molar-refractivity contribution is 7.89. The van der Waals surface area contributed by atoms with Gasteiger partial charge in [-0.25, -0.2) is 8.42 Å². The van der Waals surface area contributed by atoms with E-state index in [9.17, 15) is 18.0 Å². The number of amides is 2. The second-order valence-electron chi connectivity index (χ2n) is 7.85. The molecule has 168 valence electrons. The maximum Gasteiger partial charge on any atom is 0.241 e. The molecule has 1 atom stereocenters. The van der Waals surface area contributed by atoms with E-state index in [1.165, 1.54) is 19.2 Å². The SMILES string of the molecule is COc1ccc(S(=O)(=O)N[C@@H](C(=O)NCCCN2CCCCCC2=O)C(C)C)cc1. The molecule has 0 saturated carbocycles. The van der Waals surface area contributed by atoms with Crippen molar-refractivity contribution in [3.8, 4) is 5.75 Å². The first-order chi connectivity index (χ1) is 14.2. The number of likely N-dealkylation sites (tertiary alicyclic amines) is 1. The summed E-state index contributed by atoms with van der Waals surface area (Å²) in [5, 5.41) is 2.80. The minimum atomic E-state index is -3.85. The average Bonchev–Trinajstić information content (AvgIpc) is 2.93. The van der Waals surface area contributed by atoms with Gasteiger partial charge < -0.3 is 15.0 Å². The Morgan fingerprint density at radius 3 is 2.50 bits per heavy atom. The summed E-state index contributed by atoms with van der Waals surface area (Å²) in [6.07, 6.45) is 4.25. The Labute approximate surface area is 179 Å². The minimum Gasteiger partial charge on any atom is -0.497 e. The molecule has 0 radical (unpaired) electrons. The van der Waals surface area contributed by atoms with Crippen LogP contribution in [-0.2, 0) is 19.6 Å². The smallest absolute Gasteiger partial charge is 0.241 e. The molecule has 0 aliphatic carbocycles. The van der Waals surface area contributed by atoms with Gasteiger partial charge in [0, 0.05) is 26.1 Å². The van der Waals surface area contributed by atoms with Crippen LogP contribution < -0.4 is 14.8 Å². The normalized spacial score (nSPS) is 16.3. The Balaban J connectivity index is 1.89. The highest BCUT2D eigenvalue weighted by Gasteiger charge is 2.28. The van der Waals surface area contributed by atoms with Gasteiger partial charge in [0.1, 0.15) is 11.8 Å². The lowest BCUT2D eigenvalue weighted by Gasteiger charge is -2.23. The molecule has 1 saturated heterocycles. The van der Waals surface area contributed by atoms with Gasteiger partial charge in [0.05, 0.1) is 12.0 Å². The van der Waals surface area contributed by atoms with Crippen LogP contribution in [0.4, 0.5) is 0 Å². The third-order valence-electron chi connectivity index (χ3n) is 5.18. The van der Waals surface area contributed by atoms with E-state index in [1.807, 2.05) is 4.90 Å². The van der Waals surface area contributed by atoms with E-state index in [0.717, 1.165) is 25.8 Å². The molecule has 1 aromatic carbocycles. The number of methoxy groups -OCH3 is 1. The summed E-state index contributed by atoms with van der Waals surface area (Å²) in [6.45, 7) is 5.33. The predicted octanol–water partition coefficient (Wildman–Crippen LogP) is 1.91. The maximum absolute atomic E-state index is 12.7. The van der Waals surface area contributed by atoms with Crippen molar-refractivity contribution in [2.24, 2.45) is 5.92 Å². The molecule has 30 heavy (non-hydrogen) atoms. The predicted molar refractivity (Wildman–Crippen MR) is 115 cm³/mol. The van der Waals surface area contributed by atoms with Crippen LogP contribution in [0.15, 0.2) is 29.2 Å². The number of hydrogen-bond donors (Lipinski definition) is 2. The number of benzene rings is 1. The highest BCUT2D eigenvalue weighted by Crippen LogP contribution is 2.17. The largest absolute Gasteiger partial charge is 0.497 e. The summed E-state index contributed by atoms with van der Waals surface area (Å²) < 4.78 is 32.9. The summed E-state index contributed by atoms with van der Waals surface area (Å²) >= 11 is 0. The van der Waals surface area contributed by atoms with Gasteiger partial charge in [0.25, 0.3) is 0 Å². The van der Waals surface area contributed by atoms with Gasteiger partial charge >= 0.3 is 0 Å². The summed E-state index contributed by atoms with van der Waals surface area (Å²) in [6, 6.07) is 5.10. The van der Waals surface area contributed by atoms with Gasteiger partial charge in [-0.05, 0) is 49.4 Å². The summed E-state index contributed by atoms with van der Waals surface area (Å²) in [7, 11) is -2.35. The summed E-state index contributed by atoms with van der Waals surface area (Å²) in [5.41, 5.74) is 0. The van der Waals surface area contributed by atoms with Crippen molar-refractivity contribution in [3.05, 3.63) is 24.3 Å². The lowest BCUT2D eigenvalue weighted by molar-refractivity contribution is -0.130. The standard InChI is InChI=1S/C21H33N3O5S/c1-16(2)20(23-30(27,28)18-11-9-17(29-3)10-12-18)21(26)22-13-7-15-24-14-6-4-5-8-19(24)25/h9-12,16,20,23H,4-8,13-15H2,1-3H3,(H,22,26)/t20-/m1/s1. The molecule has 2 rings (SSSR count). The minimum absolute atomic E-state index is 0.0708. The number of carbonyl (C=O) groups is 2. The fourth-order valence-electron chi connectivity index (χ4n) is 3.35. The van der Waals surface area contributed by atoms with Gasteiger partial charge in [0.15, 0.2) is 0 Å². The molecule has 2 amide bonds. The van der Waals surface area contributed by atoms with E-state index >= 15 is 0 Å². The molecule has 8 nitrogen and oxygen atoms in total. The molecule has 1 aromatic rings. The number of hydrogen-bond acceptors (Lipinski definition) is 5. The molecule has 1 aliphatic rings. The van der Waals surface area contributed by atoms with Crippen molar-refractivity contribution < 1.29 is 22.7 Å². The molecule has 0 unspecified atom stereocenters. The number of ether oxygens (including phenoxy) is 1. The van der Waals surface area contributed by atoms with Crippen molar-refractivity contribution in [2.75, 3.05) is 26.7 Å². The molecule has 1 fully saturated rings. The van der Waals surface area contributed by atoms with Crippen LogP contribution in [0.5, 0.6) is 5.75 Å². The van der Waals surface area contributed by atoms with Gasteiger partial charge in [-0.15, -0.1) is 0 Å². The average molecular weight is 440 g/mol. The second kappa shape index (κ2) is 11.3. The van der Waals surface area contributed by atoms with E-state index in [-0.39, 0.29) is 22.6 Å². The Morgan fingerprint density at radius 2 is 1.87 bits per heavy atom. The Hall–Kier alpha value is -2.13. The Kier molecular flexibility index (Phi) is 9.10. The monoisotopic (exact) mass is 439 g/mol. The van der Waals surface area contributed by atoms with Crippen LogP contribution in [0.25, 0.3) is 0 Å². The van der Waals surface area contributed by atoms with Gasteiger partial charge in [0.2, 0.25) is 21.8 Å². The maximum atomic E-state index is 12.7. The highest BCUT2D eigenvalue weighted by atomic mass is 32.2. The van der Waals surface area contributed by atoms with Crippen molar-refractivity contribution >= 4 is 21.8 Å². The molecule has 0 aromatic heterocycles. The molecule has 2 N–H and O–H groups in total. The summed E-state index contributed by atoms with van der Waals surface area (Å²) in [5.74, 6) is 0.121. The lowest BCUT2D eigenvalue weighted by Crippen LogP contribution is -2.50.